The Kier molecular flexibility index (Phi) is 5.88. The molecule has 0 unspecified atom stereocenters. The molecule has 1 aliphatic carbocycles. The lowest BCUT2D eigenvalue weighted by molar-refractivity contribution is -0.113. The van der Waals surface area contributed by atoms with Crippen LogP contribution in [-0.2, 0) is 10.5 Å². The Balaban J connectivity index is 1.50. The van der Waals surface area contributed by atoms with E-state index >= 15 is 0 Å². The summed E-state index contributed by atoms with van der Waals surface area (Å²) in [6, 6.07) is 11.0. The molecule has 0 heterocycles. The summed E-state index contributed by atoms with van der Waals surface area (Å²) >= 11 is 1.19. The van der Waals surface area contributed by atoms with Gasteiger partial charge in [-0.3, -0.25) is 9.59 Å². The number of thioether (sulfide) groups is 1. The summed E-state index contributed by atoms with van der Waals surface area (Å²) in [7, 11) is 0. The van der Waals surface area contributed by atoms with E-state index in [0.29, 0.717) is 11.3 Å². The van der Waals surface area contributed by atoms with Crippen molar-refractivity contribution in [3.05, 3.63) is 65.2 Å². The van der Waals surface area contributed by atoms with Crippen LogP contribution in [0.25, 0.3) is 0 Å². The zero-order valence-electron chi connectivity index (χ0n) is 13.9. The molecule has 0 saturated heterocycles. The Morgan fingerprint density at radius 2 is 1.88 bits per heavy atom. The van der Waals surface area contributed by atoms with Crippen molar-refractivity contribution in [3.63, 3.8) is 0 Å². The van der Waals surface area contributed by atoms with Crippen molar-refractivity contribution >= 4 is 29.3 Å². The van der Waals surface area contributed by atoms with Gasteiger partial charge >= 0.3 is 0 Å². The molecule has 0 atom stereocenters. The Labute approximate surface area is 154 Å². The monoisotopic (exact) mass is 376 g/mol. The molecule has 26 heavy (non-hydrogen) atoms. The minimum atomic E-state index is -0.895. The van der Waals surface area contributed by atoms with Crippen molar-refractivity contribution in [1.29, 1.82) is 0 Å². The van der Waals surface area contributed by atoms with Gasteiger partial charge in [-0.05, 0) is 37.1 Å². The third-order valence-electron chi connectivity index (χ3n) is 3.84. The largest absolute Gasteiger partial charge is 0.349 e. The molecule has 2 N–H and O–H groups in total. The van der Waals surface area contributed by atoms with Gasteiger partial charge in [0.05, 0.1) is 5.75 Å². The summed E-state index contributed by atoms with van der Waals surface area (Å²) in [5.74, 6) is -1.91. The lowest BCUT2D eigenvalue weighted by atomic mass is 10.2. The normalized spacial score (nSPS) is 13.3. The van der Waals surface area contributed by atoms with Gasteiger partial charge in [0.1, 0.15) is 0 Å². The van der Waals surface area contributed by atoms with Crippen molar-refractivity contribution in [3.8, 4) is 0 Å². The van der Waals surface area contributed by atoms with Gasteiger partial charge in [-0.25, -0.2) is 8.78 Å². The Morgan fingerprint density at radius 3 is 2.65 bits per heavy atom. The van der Waals surface area contributed by atoms with Crippen LogP contribution in [0.5, 0.6) is 0 Å². The third-order valence-corrected chi connectivity index (χ3v) is 4.82. The maximum atomic E-state index is 13.6. The number of hydrogen-bond acceptors (Lipinski definition) is 3. The SMILES string of the molecule is O=C(CSCc1cccc(F)c1F)Nc1cccc(C(=O)NC2CC2)c1. The van der Waals surface area contributed by atoms with Crippen LogP contribution in [0.4, 0.5) is 14.5 Å². The van der Waals surface area contributed by atoms with Crippen LogP contribution in [0, 0.1) is 11.6 Å². The number of halogens is 2. The van der Waals surface area contributed by atoms with Crippen molar-refractivity contribution in [2.24, 2.45) is 0 Å². The molecule has 2 aromatic rings. The molecule has 0 radical (unpaired) electrons. The van der Waals surface area contributed by atoms with Crippen LogP contribution in [0.2, 0.25) is 0 Å². The molecule has 0 spiro atoms. The molecule has 7 heteroatoms. The molecular weight excluding hydrogens is 358 g/mol. The molecule has 2 amide bonds. The average Bonchev–Trinajstić information content (AvgIpc) is 3.43. The first kappa shape index (κ1) is 18.4. The van der Waals surface area contributed by atoms with Gasteiger partial charge in [0.15, 0.2) is 11.6 Å². The highest BCUT2D eigenvalue weighted by Gasteiger charge is 2.23. The summed E-state index contributed by atoms with van der Waals surface area (Å²) in [6.45, 7) is 0. The molecule has 0 aromatic heterocycles. The zero-order valence-corrected chi connectivity index (χ0v) is 14.7. The van der Waals surface area contributed by atoms with E-state index in [9.17, 15) is 18.4 Å². The van der Waals surface area contributed by atoms with E-state index in [-0.39, 0.29) is 34.9 Å². The summed E-state index contributed by atoms with van der Waals surface area (Å²) in [5.41, 5.74) is 1.24. The highest BCUT2D eigenvalue weighted by molar-refractivity contribution is 7.99. The minimum absolute atomic E-state index is 0.0917. The number of carbonyl (C=O) groups is 2. The van der Waals surface area contributed by atoms with Crippen molar-refractivity contribution in [2.45, 2.75) is 24.6 Å². The van der Waals surface area contributed by atoms with Gasteiger partial charge in [-0.1, -0.05) is 18.2 Å². The van der Waals surface area contributed by atoms with E-state index in [1.54, 1.807) is 24.3 Å². The van der Waals surface area contributed by atoms with Crippen molar-refractivity contribution in [1.82, 2.24) is 5.32 Å². The second-order valence-corrected chi connectivity index (χ2v) is 7.07. The summed E-state index contributed by atoms with van der Waals surface area (Å²) < 4.78 is 26.7. The molecule has 0 aliphatic heterocycles. The van der Waals surface area contributed by atoms with Crippen LogP contribution >= 0.6 is 11.8 Å². The van der Waals surface area contributed by atoms with Crippen LogP contribution in [0.3, 0.4) is 0 Å². The molecule has 136 valence electrons. The Bertz CT molecular complexity index is 825. The van der Waals surface area contributed by atoms with Crippen LogP contribution in [-0.4, -0.2) is 23.6 Å². The first-order chi connectivity index (χ1) is 12.5. The predicted octanol–water partition coefficient (Wildman–Crippen LogP) is 3.73. The molecule has 2 aromatic carbocycles. The first-order valence-corrected chi connectivity index (χ1v) is 9.40. The number of hydrogen-bond donors (Lipinski definition) is 2. The maximum Gasteiger partial charge on any atom is 0.251 e. The van der Waals surface area contributed by atoms with Gasteiger partial charge in [0.2, 0.25) is 5.91 Å². The maximum absolute atomic E-state index is 13.6. The van der Waals surface area contributed by atoms with Crippen LogP contribution in [0.1, 0.15) is 28.8 Å². The highest BCUT2D eigenvalue weighted by atomic mass is 32.2. The zero-order chi connectivity index (χ0) is 18.5. The quantitative estimate of drug-likeness (QED) is 0.774. The van der Waals surface area contributed by atoms with Crippen LogP contribution < -0.4 is 10.6 Å². The molecule has 1 saturated carbocycles. The predicted molar refractivity (Wildman–Crippen MR) is 98.1 cm³/mol. The number of anilines is 1. The number of carbonyl (C=O) groups excluding carboxylic acids is 2. The van der Waals surface area contributed by atoms with Crippen molar-refractivity contribution < 1.29 is 18.4 Å². The molecule has 3 rings (SSSR count). The van der Waals surface area contributed by atoms with E-state index in [2.05, 4.69) is 10.6 Å². The molecular formula is C19H18F2N2O2S. The Hall–Kier alpha value is -2.41. The molecule has 1 fully saturated rings. The third kappa shape index (κ3) is 5.05. The number of amides is 2. The first-order valence-electron chi connectivity index (χ1n) is 8.24. The van der Waals surface area contributed by atoms with Gasteiger partial charge in [-0.15, -0.1) is 11.8 Å². The molecule has 4 nitrogen and oxygen atoms in total. The van der Waals surface area contributed by atoms with E-state index in [4.69, 9.17) is 0 Å². The second-order valence-electron chi connectivity index (χ2n) is 6.08. The van der Waals surface area contributed by atoms with Crippen molar-refractivity contribution in [2.75, 3.05) is 11.1 Å². The lowest BCUT2D eigenvalue weighted by Gasteiger charge is -2.08. The van der Waals surface area contributed by atoms with Gasteiger partial charge in [-0.2, -0.15) is 0 Å². The standard InChI is InChI=1S/C19H18F2N2O2S/c20-16-6-2-4-13(18(16)21)10-26-11-17(24)22-15-5-1-3-12(9-15)19(25)23-14-7-8-14/h1-6,9,14H,7-8,10-11H2,(H,22,24)(H,23,25). The van der Waals surface area contributed by atoms with Gasteiger partial charge < -0.3 is 10.6 Å². The summed E-state index contributed by atoms with van der Waals surface area (Å²) in [6.07, 6.45) is 2.01. The van der Waals surface area contributed by atoms with Gasteiger partial charge in [0.25, 0.3) is 5.91 Å². The van der Waals surface area contributed by atoms with E-state index in [1.165, 1.54) is 23.9 Å². The lowest BCUT2D eigenvalue weighted by Crippen LogP contribution is -2.25. The second kappa shape index (κ2) is 8.31. The van der Waals surface area contributed by atoms with Gasteiger partial charge in [0, 0.05) is 28.6 Å². The fourth-order valence-electron chi connectivity index (χ4n) is 2.35. The fourth-order valence-corrected chi connectivity index (χ4v) is 3.15. The smallest absolute Gasteiger partial charge is 0.251 e. The topological polar surface area (TPSA) is 58.2 Å². The number of nitrogens with one attached hydrogen (secondary N) is 2. The van der Waals surface area contributed by atoms with E-state index in [0.717, 1.165) is 18.9 Å². The molecule has 0 bridgehead atoms. The molecule has 1 aliphatic rings. The number of rotatable bonds is 7. The number of benzene rings is 2. The summed E-state index contributed by atoms with van der Waals surface area (Å²) in [5, 5.41) is 5.60. The van der Waals surface area contributed by atoms with E-state index in [1.807, 2.05) is 0 Å². The minimum Gasteiger partial charge on any atom is -0.349 e. The fraction of sp³-hybridized carbons (Fsp3) is 0.263. The highest BCUT2D eigenvalue weighted by Crippen LogP contribution is 2.20. The summed E-state index contributed by atoms with van der Waals surface area (Å²) in [4.78, 5) is 24.1. The van der Waals surface area contributed by atoms with E-state index < -0.39 is 11.6 Å². The Morgan fingerprint density at radius 1 is 1.12 bits per heavy atom. The van der Waals surface area contributed by atoms with Crippen LogP contribution in [0.15, 0.2) is 42.5 Å². The average molecular weight is 376 g/mol.